The van der Waals surface area contributed by atoms with Gasteiger partial charge in [-0.1, -0.05) is 0 Å². The van der Waals surface area contributed by atoms with E-state index in [1.54, 1.807) is 0 Å². The Morgan fingerprint density at radius 2 is 2.09 bits per heavy atom. The summed E-state index contributed by atoms with van der Waals surface area (Å²) >= 11 is 0. The lowest BCUT2D eigenvalue weighted by atomic mass is 10.1. The molecule has 0 fully saturated rings. The molecule has 3 nitrogen and oxygen atoms in total. The molecule has 0 aliphatic heterocycles. The summed E-state index contributed by atoms with van der Waals surface area (Å²) in [5.41, 5.74) is 0. The molecule has 0 heterocycles. The van der Waals surface area contributed by atoms with Crippen LogP contribution in [0.1, 0.15) is 19.8 Å². The van der Waals surface area contributed by atoms with Gasteiger partial charge in [0.05, 0.1) is 6.10 Å². The van der Waals surface area contributed by atoms with Gasteiger partial charge in [-0.05, 0) is 13.3 Å². The van der Waals surface area contributed by atoms with E-state index in [0.29, 0.717) is 0 Å². The molecule has 0 spiro atoms. The molecule has 1 unspecified atom stereocenters. The molecule has 0 aromatic heterocycles. The lowest BCUT2D eigenvalue weighted by Gasteiger charge is -2.11. The molecule has 0 saturated carbocycles. The molecule has 2 N–H and O–H groups in total. The number of carboxylic acid groups (broad SMARTS) is 1. The largest absolute Gasteiger partial charge is 0.477 e. The Hall–Kier alpha value is -0.710. The zero-order valence-corrected chi connectivity index (χ0v) is 6.05. The molecule has 0 aliphatic rings. The van der Waals surface area contributed by atoms with Gasteiger partial charge < -0.3 is 10.2 Å². The van der Waals surface area contributed by atoms with Gasteiger partial charge in [-0.3, -0.25) is 0 Å². The quantitative estimate of drug-likeness (QED) is 0.654. The van der Waals surface area contributed by atoms with Crippen LogP contribution in [0.4, 0.5) is 8.78 Å². The Bertz CT molecular complexity index is 145. The summed E-state index contributed by atoms with van der Waals surface area (Å²) in [7, 11) is 0. The van der Waals surface area contributed by atoms with Crippen molar-refractivity contribution >= 4 is 5.97 Å². The van der Waals surface area contributed by atoms with Crippen molar-refractivity contribution in [2.24, 2.45) is 0 Å². The van der Waals surface area contributed by atoms with E-state index in [1.807, 2.05) is 0 Å². The average Bonchev–Trinajstić information content (AvgIpc) is 1.84. The van der Waals surface area contributed by atoms with E-state index in [1.165, 1.54) is 6.92 Å². The summed E-state index contributed by atoms with van der Waals surface area (Å²) in [6.45, 7) is 1.33. The number of hydrogen-bond donors (Lipinski definition) is 2. The van der Waals surface area contributed by atoms with E-state index < -0.39 is 24.4 Å². The molecule has 0 aromatic carbocycles. The molecule has 0 saturated heterocycles. The number of hydrogen-bond acceptors (Lipinski definition) is 2. The third-order valence-electron chi connectivity index (χ3n) is 1.19. The van der Waals surface area contributed by atoms with Crippen LogP contribution in [0.15, 0.2) is 0 Å². The summed E-state index contributed by atoms with van der Waals surface area (Å²) < 4.78 is 24.4. The van der Waals surface area contributed by atoms with Crippen LogP contribution in [-0.4, -0.2) is 28.2 Å². The van der Waals surface area contributed by atoms with Crippen molar-refractivity contribution in [1.82, 2.24) is 0 Å². The van der Waals surface area contributed by atoms with Crippen molar-refractivity contribution in [2.75, 3.05) is 0 Å². The third kappa shape index (κ3) is 3.87. The molecular weight excluding hydrogens is 158 g/mol. The van der Waals surface area contributed by atoms with Crippen molar-refractivity contribution in [3.63, 3.8) is 0 Å². The predicted molar refractivity (Wildman–Crippen MR) is 33.5 cm³/mol. The molecule has 11 heavy (non-hydrogen) atoms. The first kappa shape index (κ1) is 10.3. The van der Waals surface area contributed by atoms with Crippen LogP contribution in [0.3, 0.4) is 0 Å². The molecule has 5 heteroatoms. The van der Waals surface area contributed by atoms with Gasteiger partial charge in [-0.15, -0.1) is 0 Å². The van der Waals surface area contributed by atoms with Gasteiger partial charge in [0.25, 0.3) is 0 Å². The van der Waals surface area contributed by atoms with Crippen molar-refractivity contribution in [1.29, 1.82) is 0 Å². The van der Waals surface area contributed by atoms with Crippen LogP contribution in [0.2, 0.25) is 0 Å². The van der Waals surface area contributed by atoms with Crippen molar-refractivity contribution in [3.8, 4) is 0 Å². The van der Waals surface area contributed by atoms with Crippen LogP contribution < -0.4 is 0 Å². The molecule has 66 valence electrons. The van der Waals surface area contributed by atoms with Crippen LogP contribution in [0.5, 0.6) is 0 Å². The average molecular weight is 168 g/mol. The van der Waals surface area contributed by atoms with Crippen LogP contribution in [-0.2, 0) is 4.79 Å². The van der Waals surface area contributed by atoms with Crippen molar-refractivity contribution < 1.29 is 23.8 Å². The second-order valence-corrected chi connectivity index (χ2v) is 2.40. The molecule has 0 rings (SSSR count). The number of rotatable bonds is 4. The number of aliphatic hydroxyl groups is 1. The molecule has 0 amide bonds. The fourth-order valence-electron chi connectivity index (χ4n) is 0.497. The number of aliphatic hydroxyl groups excluding tert-OH is 1. The molecular formula is C6H10F2O3. The normalized spacial score (nSPS) is 14.5. The van der Waals surface area contributed by atoms with Gasteiger partial charge in [0, 0.05) is 6.42 Å². The van der Waals surface area contributed by atoms with Gasteiger partial charge in [0.2, 0.25) is 0 Å². The summed E-state index contributed by atoms with van der Waals surface area (Å²) in [6, 6.07) is 0. The Balaban J connectivity index is 3.83. The highest BCUT2D eigenvalue weighted by Crippen LogP contribution is 2.21. The second-order valence-electron chi connectivity index (χ2n) is 2.40. The second kappa shape index (κ2) is 3.61. The molecule has 0 radical (unpaired) electrons. The lowest BCUT2D eigenvalue weighted by Crippen LogP contribution is -2.29. The number of alkyl halides is 2. The fourth-order valence-corrected chi connectivity index (χ4v) is 0.497. The van der Waals surface area contributed by atoms with E-state index in [0.717, 1.165) is 0 Å². The van der Waals surface area contributed by atoms with Crippen LogP contribution in [0, 0.1) is 0 Å². The maximum atomic E-state index is 12.2. The monoisotopic (exact) mass is 168 g/mol. The first-order valence-electron chi connectivity index (χ1n) is 3.15. The molecule has 0 bridgehead atoms. The molecule has 1 atom stereocenters. The third-order valence-corrected chi connectivity index (χ3v) is 1.19. The standard InChI is InChI=1S/C6H10F2O3/c1-4(9)2-3-6(7,8)5(10)11/h4,9H,2-3H2,1H3,(H,10,11). The summed E-state index contributed by atoms with van der Waals surface area (Å²) in [5, 5.41) is 16.5. The van der Waals surface area contributed by atoms with E-state index >= 15 is 0 Å². The first-order valence-corrected chi connectivity index (χ1v) is 3.15. The number of carboxylic acids is 1. The smallest absolute Gasteiger partial charge is 0.374 e. The minimum atomic E-state index is -3.71. The zero-order chi connectivity index (χ0) is 9.07. The van der Waals surface area contributed by atoms with E-state index in [2.05, 4.69) is 0 Å². The van der Waals surface area contributed by atoms with E-state index in [9.17, 15) is 13.6 Å². The highest BCUT2D eigenvalue weighted by Gasteiger charge is 2.38. The van der Waals surface area contributed by atoms with E-state index in [4.69, 9.17) is 10.2 Å². The fraction of sp³-hybridized carbons (Fsp3) is 0.833. The summed E-state index contributed by atoms with van der Waals surface area (Å²) in [4.78, 5) is 9.80. The number of halogens is 2. The van der Waals surface area contributed by atoms with Gasteiger partial charge in [-0.2, -0.15) is 8.78 Å². The molecule has 0 aliphatic carbocycles. The van der Waals surface area contributed by atoms with Gasteiger partial charge >= 0.3 is 11.9 Å². The topological polar surface area (TPSA) is 57.5 Å². The Labute approximate surface area is 62.6 Å². The van der Waals surface area contributed by atoms with Crippen molar-refractivity contribution in [2.45, 2.75) is 31.8 Å². The van der Waals surface area contributed by atoms with Crippen LogP contribution in [0.25, 0.3) is 0 Å². The highest BCUT2D eigenvalue weighted by atomic mass is 19.3. The minimum Gasteiger partial charge on any atom is -0.477 e. The first-order chi connectivity index (χ1) is 4.86. The Kier molecular flexibility index (Phi) is 3.38. The van der Waals surface area contributed by atoms with E-state index in [-0.39, 0.29) is 6.42 Å². The number of carbonyl (C=O) groups is 1. The summed E-state index contributed by atoms with van der Waals surface area (Å²) in [6.07, 6.45) is -1.92. The lowest BCUT2D eigenvalue weighted by molar-refractivity contribution is -0.166. The van der Waals surface area contributed by atoms with Gasteiger partial charge in [0.15, 0.2) is 0 Å². The Morgan fingerprint density at radius 1 is 1.64 bits per heavy atom. The summed E-state index contributed by atoms with van der Waals surface area (Å²) in [5.74, 6) is -5.85. The Morgan fingerprint density at radius 3 is 2.36 bits per heavy atom. The van der Waals surface area contributed by atoms with Gasteiger partial charge in [0.1, 0.15) is 0 Å². The maximum Gasteiger partial charge on any atom is 0.374 e. The number of aliphatic carboxylic acids is 1. The van der Waals surface area contributed by atoms with Crippen LogP contribution >= 0.6 is 0 Å². The highest BCUT2D eigenvalue weighted by molar-refractivity contribution is 5.75. The van der Waals surface area contributed by atoms with Crippen molar-refractivity contribution in [3.05, 3.63) is 0 Å². The minimum absolute atomic E-state index is 0.209. The SMILES string of the molecule is CC(O)CCC(F)(F)C(=O)O. The molecule has 0 aromatic rings. The zero-order valence-electron chi connectivity index (χ0n) is 6.05. The maximum absolute atomic E-state index is 12.2. The van der Waals surface area contributed by atoms with Gasteiger partial charge in [-0.25, -0.2) is 4.79 Å². The predicted octanol–water partition coefficient (Wildman–Crippen LogP) is 0.867.